The minimum Gasteiger partial charge on any atom is -0.393 e. The Balaban J connectivity index is 2.31. The summed E-state index contributed by atoms with van der Waals surface area (Å²) in [4.78, 5) is 14.2. The number of aliphatic hydroxyl groups is 2. The van der Waals surface area contributed by atoms with E-state index in [-0.39, 0.29) is 12.3 Å². The van der Waals surface area contributed by atoms with Gasteiger partial charge < -0.3 is 15.1 Å². The maximum absolute atomic E-state index is 12.6. The molecule has 1 amide bonds. The van der Waals surface area contributed by atoms with Crippen molar-refractivity contribution in [2.75, 3.05) is 11.4 Å². The summed E-state index contributed by atoms with van der Waals surface area (Å²) in [7, 11) is 0. The molecule has 4 nitrogen and oxygen atoms in total. The number of fused-ring (bicyclic) bond motifs is 1. The molecule has 2 rings (SSSR count). The monoisotopic (exact) mass is 277 g/mol. The number of hydrogen-bond acceptors (Lipinski definition) is 3. The largest absolute Gasteiger partial charge is 0.393 e. The van der Waals surface area contributed by atoms with Crippen molar-refractivity contribution in [2.24, 2.45) is 0 Å². The first-order chi connectivity index (χ1) is 9.50. The lowest BCUT2D eigenvalue weighted by atomic mass is 9.90. The fourth-order valence-electron chi connectivity index (χ4n) is 2.87. The first-order valence-electron chi connectivity index (χ1n) is 7.32. The van der Waals surface area contributed by atoms with Crippen molar-refractivity contribution in [1.82, 2.24) is 0 Å². The fraction of sp³-hybridized carbons (Fsp3) is 0.562. The van der Waals surface area contributed by atoms with Crippen LogP contribution in [0.4, 0.5) is 5.69 Å². The van der Waals surface area contributed by atoms with Crippen LogP contribution in [0.1, 0.15) is 45.1 Å². The number of amides is 1. The predicted octanol–water partition coefficient (Wildman–Crippen LogP) is 2.18. The molecule has 0 radical (unpaired) electrons. The van der Waals surface area contributed by atoms with Crippen LogP contribution in [-0.4, -0.2) is 28.8 Å². The maximum atomic E-state index is 12.6. The minimum atomic E-state index is -1.59. The van der Waals surface area contributed by atoms with E-state index in [0.29, 0.717) is 12.1 Å². The topological polar surface area (TPSA) is 60.8 Å². The van der Waals surface area contributed by atoms with Crippen LogP contribution in [0.15, 0.2) is 24.3 Å². The zero-order valence-corrected chi connectivity index (χ0v) is 12.2. The van der Waals surface area contributed by atoms with Gasteiger partial charge in [0.1, 0.15) is 0 Å². The quantitative estimate of drug-likeness (QED) is 0.784. The molecule has 2 atom stereocenters. The number of carbonyl (C=O) groups is 1. The zero-order chi connectivity index (χ0) is 14.8. The van der Waals surface area contributed by atoms with E-state index in [0.717, 1.165) is 24.9 Å². The van der Waals surface area contributed by atoms with Crippen LogP contribution in [0.3, 0.4) is 0 Å². The SMILES string of the molecule is CCCCCN1C(=O)[C@](O)(C[C@@H](C)O)c2ccccc21. The number of hydrogen-bond donors (Lipinski definition) is 2. The fourth-order valence-corrected chi connectivity index (χ4v) is 2.87. The predicted molar refractivity (Wildman–Crippen MR) is 78.5 cm³/mol. The highest BCUT2D eigenvalue weighted by Gasteiger charge is 2.49. The third-order valence-electron chi connectivity index (χ3n) is 3.82. The molecule has 1 aromatic carbocycles. The number of nitrogens with zero attached hydrogens (tertiary/aromatic N) is 1. The van der Waals surface area contributed by atoms with Gasteiger partial charge >= 0.3 is 0 Å². The molecule has 2 N–H and O–H groups in total. The number of rotatable bonds is 6. The van der Waals surface area contributed by atoms with E-state index < -0.39 is 11.7 Å². The van der Waals surface area contributed by atoms with Gasteiger partial charge in [-0.2, -0.15) is 0 Å². The summed E-state index contributed by atoms with van der Waals surface area (Å²) in [5.74, 6) is -0.310. The van der Waals surface area contributed by atoms with Crippen molar-refractivity contribution in [3.8, 4) is 0 Å². The maximum Gasteiger partial charge on any atom is 0.263 e. The molecule has 0 unspecified atom stereocenters. The van der Waals surface area contributed by atoms with E-state index in [1.807, 2.05) is 18.2 Å². The van der Waals surface area contributed by atoms with E-state index in [1.165, 1.54) is 0 Å². The Labute approximate surface area is 120 Å². The summed E-state index contributed by atoms with van der Waals surface area (Å²) in [5, 5.41) is 20.3. The molecule has 1 aliphatic heterocycles. The van der Waals surface area contributed by atoms with Crippen molar-refractivity contribution < 1.29 is 15.0 Å². The van der Waals surface area contributed by atoms with E-state index in [4.69, 9.17) is 0 Å². The van der Waals surface area contributed by atoms with Gasteiger partial charge in [0, 0.05) is 18.5 Å². The highest BCUT2D eigenvalue weighted by Crippen LogP contribution is 2.42. The van der Waals surface area contributed by atoms with Crippen LogP contribution in [-0.2, 0) is 10.4 Å². The molecule has 0 aliphatic carbocycles. The molecule has 110 valence electrons. The third kappa shape index (κ3) is 2.58. The van der Waals surface area contributed by atoms with Gasteiger partial charge in [-0.25, -0.2) is 0 Å². The molecule has 20 heavy (non-hydrogen) atoms. The van der Waals surface area contributed by atoms with Crippen LogP contribution in [0, 0.1) is 0 Å². The summed E-state index contributed by atoms with van der Waals surface area (Å²) in [5.41, 5.74) is -0.198. The van der Waals surface area contributed by atoms with E-state index in [9.17, 15) is 15.0 Å². The number of aliphatic hydroxyl groups excluding tert-OH is 1. The summed E-state index contributed by atoms with van der Waals surface area (Å²) < 4.78 is 0. The molecule has 1 aliphatic rings. The Hall–Kier alpha value is -1.39. The molecule has 4 heteroatoms. The molecular formula is C16H23NO3. The smallest absolute Gasteiger partial charge is 0.263 e. The van der Waals surface area contributed by atoms with Crippen LogP contribution in [0.25, 0.3) is 0 Å². The van der Waals surface area contributed by atoms with Crippen molar-refractivity contribution in [3.05, 3.63) is 29.8 Å². The van der Waals surface area contributed by atoms with Crippen molar-refractivity contribution in [3.63, 3.8) is 0 Å². The van der Waals surface area contributed by atoms with E-state index in [2.05, 4.69) is 6.92 Å². The van der Waals surface area contributed by atoms with Crippen LogP contribution in [0.5, 0.6) is 0 Å². The number of para-hydroxylation sites is 1. The lowest BCUT2D eigenvalue weighted by Gasteiger charge is -2.24. The Morgan fingerprint density at radius 3 is 2.65 bits per heavy atom. The highest BCUT2D eigenvalue weighted by atomic mass is 16.3. The van der Waals surface area contributed by atoms with Crippen molar-refractivity contribution in [2.45, 2.75) is 51.2 Å². The minimum absolute atomic E-state index is 0.0348. The average Bonchev–Trinajstić information content (AvgIpc) is 2.61. The van der Waals surface area contributed by atoms with Gasteiger partial charge in [0.2, 0.25) is 0 Å². The molecule has 0 spiro atoms. The van der Waals surface area contributed by atoms with Gasteiger partial charge in [-0.1, -0.05) is 38.0 Å². The summed E-state index contributed by atoms with van der Waals surface area (Å²) in [6.07, 6.45) is 2.37. The van der Waals surface area contributed by atoms with Gasteiger partial charge in [0.25, 0.3) is 5.91 Å². The molecule has 0 saturated heterocycles. The molecule has 0 bridgehead atoms. The summed E-state index contributed by atoms with van der Waals surface area (Å²) in [6, 6.07) is 7.32. The first kappa shape index (κ1) is 15.0. The summed E-state index contributed by atoms with van der Waals surface area (Å²) >= 11 is 0. The Kier molecular flexibility index (Phi) is 4.45. The lowest BCUT2D eigenvalue weighted by Crippen LogP contribution is -2.42. The van der Waals surface area contributed by atoms with Crippen LogP contribution < -0.4 is 4.90 Å². The molecule has 1 heterocycles. The van der Waals surface area contributed by atoms with Gasteiger partial charge in [-0.3, -0.25) is 4.79 Å². The second-order valence-corrected chi connectivity index (χ2v) is 5.59. The van der Waals surface area contributed by atoms with Gasteiger partial charge in [-0.15, -0.1) is 0 Å². The number of carbonyl (C=O) groups excluding carboxylic acids is 1. The van der Waals surface area contributed by atoms with Gasteiger partial charge in [-0.05, 0) is 19.4 Å². The van der Waals surface area contributed by atoms with Crippen LogP contribution >= 0.6 is 0 Å². The lowest BCUT2D eigenvalue weighted by molar-refractivity contribution is -0.139. The number of unbranched alkanes of at least 4 members (excludes halogenated alkanes) is 2. The number of benzene rings is 1. The van der Waals surface area contributed by atoms with Gasteiger partial charge in [0.05, 0.1) is 11.8 Å². The number of anilines is 1. The first-order valence-corrected chi connectivity index (χ1v) is 7.32. The second-order valence-electron chi connectivity index (χ2n) is 5.59. The van der Waals surface area contributed by atoms with Crippen LogP contribution in [0.2, 0.25) is 0 Å². The average molecular weight is 277 g/mol. The third-order valence-corrected chi connectivity index (χ3v) is 3.82. The molecule has 1 aromatic rings. The van der Waals surface area contributed by atoms with Gasteiger partial charge in [0.15, 0.2) is 5.60 Å². The Morgan fingerprint density at radius 2 is 2.00 bits per heavy atom. The van der Waals surface area contributed by atoms with E-state index >= 15 is 0 Å². The standard InChI is InChI=1S/C16H23NO3/c1-3-4-7-10-17-14-9-6-5-8-13(14)16(20,15(17)19)11-12(2)18/h5-6,8-9,12,18,20H,3-4,7,10-11H2,1-2H3/t12-,16+/m1/s1. The molecular weight excluding hydrogens is 254 g/mol. The molecule has 0 aromatic heterocycles. The molecule has 0 fully saturated rings. The van der Waals surface area contributed by atoms with Crippen molar-refractivity contribution >= 4 is 11.6 Å². The Morgan fingerprint density at radius 1 is 1.30 bits per heavy atom. The molecule has 0 saturated carbocycles. The van der Waals surface area contributed by atoms with E-state index in [1.54, 1.807) is 17.9 Å². The zero-order valence-electron chi connectivity index (χ0n) is 12.2. The second kappa shape index (κ2) is 5.94. The highest BCUT2D eigenvalue weighted by molar-refractivity contribution is 6.06. The Bertz CT molecular complexity index is 486. The summed E-state index contributed by atoms with van der Waals surface area (Å²) in [6.45, 7) is 4.32. The normalized spacial score (nSPS) is 23.0. The van der Waals surface area contributed by atoms with Crippen molar-refractivity contribution in [1.29, 1.82) is 0 Å².